The molecule has 2 amide bonds. The van der Waals surface area contributed by atoms with Crippen molar-refractivity contribution >= 4 is 18.0 Å². The Bertz CT molecular complexity index is 671. The summed E-state index contributed by atoms with van der Waals surface area (Å²) in [5.74, 6) is -1.09. The first-order chi connectivity index (χ1) is 13.3. The first kappa shape index (κ1) is 23.2. The maximum atomic E-state index is 12.0. The van der Waals surface area contributed by atoms with Gasteiger partial charge in [0, 0.05) is 6.54 Å². The van der Waals surface area contributed by atoms with Crippen LogP contribution in [0.4, 0.5) is 4.79 Å². The summed E-state index contributed by atoms with van der Waals surface area (Å²) in [5.41, 5.74) is 1.84. The van der Waals surface area contributed by atoms with Crippen LogP contribution in [0.3, 0.4) is 0 Å². The van der Waals surface area contributed by atoms with Crippen molar-refractivity contribution in [2.24, 2.45) is 0 Å². The van der Waals surface area contributed by atoms with Crippen molar-refractivity contribution in [2.75, 3.05) is 13.7 Å². The van der Waals surface area contributed by atoms with E-state index in [1.54, 1.807) is 0 Å². The lowest BCUT2D eigenvalue weighted by Crippen LogP contribution is -2.43. The van der Waals surface area contributed by atoms with Gasteiger partial charge in [-0.1, -0.05) is 42.0 Å². The summed E-state index contributed by atoms with van der Waals surface area (Å²) in [6, 6.07) is 8.33. The molecule has 8 heteroatoms. The van der Waals surface area contributed by atoms with Crippen molar-refractivity contribution in [3.05, 3.63) is 47.5 Å². The Hall–Kier alpha value is -2.87. The molecule has 28 heavy (non-hydrogen) atoms. The highest BCUT2D eigenvalue weighted by Gasteiger charge is 2.22. The fraction of sp³-hybridized carbons (Fsp3) is 0.450. The summed E-state index contributed by atoms with van der Waals surface area (Å²) in [6.45, 7) is 3.71. The van der Waals surface area contributed by atoms with Crippen molar-refractivity contribution in [2.45, 2.75) is 45.4 Å². The second kappa shape index (κ2) is 12.5. The number of rotatable bonds is 10. The summed E-state index contributed by atoms with van der Waals surface area (Å²) in [6.07, 6.45) is 0.00968. The van der Waals surface area contributed by atoms with E-state index in [1.165, 1.54) is 7.11 Å². The molecule has 2 atom stereocenters. The normalized spacial score (nSPS) is 12.3. The lowest BCUT2D eigenvalue weighted by molar-refractivity contribution is -0.145. The van der Waals surface area contributed by atoms with Crippen LogP contribution in [0.15, 0.2) is 42.0 Å². The highest BCUT2D eigenvalue weighted by Crippen LogP contribution is 2.03. The number of allylic oxidation sites excluding steroid dienone is 1. The van der Waals surface area contributed by atoms with Gasteiger partial charge in [-0.2, -0.15) is 0 Å². The van der Waals surface area contributed by atoms with Crippen LogP contribution in [0.25, 0.3) is 0 Å². The second-order valence-corrected chi connectivity index (χ2v) is 6.46. The second-order valence-electron chi connectivity index (χ2n) is 6.46. The highest BCUT2D eigenvalue weighted by molar-refractivity contribution is 5.84. The van der Waals surface area contributed by atoms with Crippen LogP contribution in [0.2, 0.25) is 0 Å². The molecule has 0 aliphatic rings. The Labute approximate surface area is 164 Å². The number of aliphatic hydroxyl groups excluding tert-OH is 1. The van der Waals surface area contributed by atoms with E-state index in [1.807, 2.05) is 50.3 Å². The van der Waals surface area contributed by atoms with Crippen LogP contribution in [-0.2, 0) is 25.7 Å². The monoisotopic (exact) mass is 392 g/mol. The number of alkyl carbamates (subject to hydrolysis) is 1. The largest absolute Gasteiger partial charge is 0.467 e. The predicted octanol–water partition coefficient (Wildman–Crippen LogP) is 1.68. The summed E-state index contributed by atoms with van der Waals surface area (Å²) in [4.78, 5) is 35.4. The summed E-state index contributed by atoms with van der Waals surface area (Å²) in [5, 5.41) is 14.8. The van der Waals surface area contributed by atoms with Crippen molar-refractivity contribution in [1.82, 2.24) is 10.6 Å². The number of aliphatic hydroxyl groups is 1. The quantitative estimate of drug-likeness (QED) is 0.412. The number of carbonyl (C=O) groups is 3. The summed E-state index contributed by atoms with van der Waals surface area (Å²) < 4.78 is 9.69. The number of ether oxygens (including phenoxy) is 2. The molecule has 0 saturated carbocycles. The molecule has 0 aromatic heterocycles. The molecule has 1 aromatic rings. The van der Waals surface area contributed by atoms with Gasteiger partial charge in [0.15, 0.2) is 0 Å². The Balaban J connectivity index is 2.36. The molecule has 154 valence electrons. The third-order valence-corrected chi connectivity index (χ3v) is 3.70. The van der Waals surface area contributed by atoms with Gasteiger partial charge >= 0.3 is 12.1 Å². The molecule has 0 aliphatic carbocycles. The van der Waals surface area contributed by atoms with Gasteiger partial charge in [-0.25, -0.2) is 9.59 Å². The van der Waals surface area contributed by atoms with Gasteiger partial charge in [-0.05, 0) is 25.8 Å². The van der Waals surface area contributed by atoms with Crippen molar-refractivity contribution in [1.29, 1.82) is 0 Å². The Morgan fingerprint density at radius 2 is 1.86 bits per heavy atom. The average molecular weight is 392 g/mol. The minimum absolute atomic E-state index is 0.106. The number of nitrogens with one attached hydrogen (secondary N) is 2. The van der Waals surface area contributed by atoms with E-state index in [2.05, 4.69) is 15.4 Å². The van der Waals surface area contributed by atoms with Gasteiger partial charge in [0.2, 0.25) is 5.91 Å². The molecule has 3 N–H and O–H groups in total. The Kier molecular flexibility index (Phi) is 10.3. The van der Waals surface area contributed by atoms with Crippen LogP contribution in [-0.4, -0.2) is 48.9 Å². The zero-order chi connectivity index (χ0) is 20.9. The molecule has 0 radical (unpaired) electrons. The number of hydrogen-bond donors (Lipinski definition) is 3. The van der Waals surface area contributed by atoms with Crippen molar-refractivity contribution in [3.8, 4) is 0 Å². The average Bonchev–Trinajstić information content (AvgIpc) is 2.67. The van der Waals surface area contributed by atoms with E-state index in [0.29, 0.717) is 6.42 Å². The summed E-state index contributed by atoms with van der Waals surface area (Å²) in [7, 11) is 1.24. The SMILES string of the molecule is COC(=O)[C@H](CC=C(C)C)NC(=O)C[C@H](O)CNC(=O)OCc1ccccc1. The first-order valence-corrected chi connectivity index (χ1v) is 8.95. The molecule has 0 spiro atoms. The molecule has 0 bridgehead atoms. The van der Waals surface area contributed by atoms with Crippen molar-refractivity contribution in [3.63, 3.8) is 0 Å². The fourth-order valence-corrected chi connectivity index (χ4v) is 2.22. The smallest absolute Gasteiger partial charge is 0.407 e. The Morgan fingerprint density at radius 3 is 2.46 bits per heavy atom. The lowest BCUT2D eigenvalue weighted by atomic mass is 10.1. The van der Waals surface area contributed by atoms with Crippen LogP contribution in [0, 0.1) is 0 Å². The minimum atomic E-state index is -1.12. The van der Waals surface area contributed by atoms with E-state index in [9.17, 15) is 19.5 Å². The highest BCUT2D eigenvalue weighted by atomic mass is 16.5. The first-order valence-electron chi connectivity index (χ1n) is 8.95. The number of carbonyl (C=O) groups excluding carboxylic acids is 3. The van der Waals surface area contributed by atoms with Crippen LogP contribution in [0.1, 0.15) is 32.3 Å². The van der Waals surface area contributed by atoms with E-state index < -0.39 is 30.1 Å². The number of esters is 1. The van der Waals surface area contributed by atoms with Gasteiger partial charge in [0.1, 0.15) is 12.6 Å². The molecule has 1 aromatic carbocycles. The molecule has 0 saturated heterocycles. The number of hydrogen-bond acceptors (Lipinski definition) is 6. The van der Waals surface area contributed by atoms with Crippen LogP contribution in [0.5, 0.6) is 0 Å². The third-order valence-electron chi connectivity index (χ3n) is 3.70. The van der Waals surface area contributed by atoms with Gasteiger partial charge < -0.3 is 25.2 Å². The van der Waals surface area contributed by atoms with Crippen LogP contribution >= 0.6 is 0 Å². The number of amides is 2. The molecule has 0 heterocycles. The molecule has 0 unspecified atom stereocenters. The molecular formula is C20H28N2O6. The Morgan fingerprint density at radius 1 is 1.18 bits per heavy atom. The van der Waals surface area contributed by atoms with E-state index in [-0.39, 0.29) is 19.6 Å². The standard InChI is InChI=1S/C20H28N2O6/c1-14(2)9-10-17(19(25)27-3)22-18(24)11-16(23)12-21-20(26)28-13-15-7-5-4-6-8-15/h4-9,16-17,23H,10-13H2,1-3H3,(H,21,26)(H,22,24)/t16-,17-/m0/s1. The van der Waals surface area contributed by atoms with Gasteiger partial charge in [0.25, 0.3) is 0 Å². The zero-order valence-corrected chi connectivity index (χ0v) is 16.4. The van der Waals surface area contributed by atoms with Crippen molar-refractivity contribution < 1.29 is 29.0 Å². The summed E-state index contributed by atoms with van der Waals surface area (Å²) >= 11 is 0. The van der Waals surface area contributed by atoms with Gasteiger partial charge in [0.05, 0.1) is 19.6 Å². The minimum Gasteiger partial charge on any atom is -0.467 e. The van der Waals surface area contributed by atoms with Crippen LogP contribution < -0.4 is 10.6 Å². The molecule has 0 fully saturated rings. The predicted molar refractivity (Wildman–Crippen MR) is 103 cm³/mol. The number of methoxy groups -OCH3 is 1. The van der Waals surface area contributed by atoms with E-state index in [0.717, 1.165) is 11.1 Å². The van der Waals surface area contributed by atoms with E-state index >= 15 is 0 Å². The zero-order valence-electron chi connectivity index (χ0n) is 16.4. The molecular weight excluding hydrogens is 364 g/mol. The van der Waals surface area contributed by atoms with Gasteiger partial charge in [-0.15, -0.1) is 0 Å². The number of benzene rings is 1. The maximum absolute atomic E-state index is 12.0. The third kappa shape index (κ3) is 9.72. The molecule has 1 rings (SSSR count). The maximum Gasteiger partial charge on any atom is 0.407 e. The van der Waals surface area contributed by atoms with Gasteiger partial charge in [-0.3, -0.25) is 4.79 Å². The van der Waals surface area contributed by atoms with E-state index in [4.69, 9.17) is 4.74 Å². The lowest BCUT2D eigenvalue weighted by Gasteiger charge is -2.17. The molecule has 8 nitrogen and oxygen atoms in total. The fourth-order valence-electron chi connectivity index (χ4n) is 2.22. The topological polar surface area (TPSA) is 114 Å². The molecule has 0 aliphatic heterocycles.